The first-order chi connectivity index (χ1) is 11.0. The van der Waals surface area contributed by atoms with Crippen LogP contribution in [0.25, 0.3) is 0 Å². The fourth-order valence-electron chi connectivity index (χ4n) is 2.68. The minimum Gasteiger partial charge on any atom is -0.276 e. The summed E-state index contributed by atoms with van der Waals surface area (Å²) < 4.78 is 0. The number of amides is 4. The molecule has 1 N–H and O–H groups in total. The predicted molar refractivity (Wildman–Crippen MR) is 84.3 cm³/mol. The zero-order valence-corrected chi connectivity index (χ0v) is 12.7. The Morgan fingerprint density at radius 3 is 2.09 bits per heavy atom. The summed E-state index contributed by atoms with van der Waals surface area (Å²) in [4.78, 5) is 38.5. The molecule has 23 heavy (non-hydrogen) atoms. The van der Waals surface area contributed by atoms with E-state index in [0.29, 0.717) is 5.56 Å². The maximum absolute atomic E-state index is 12.9. The van der Waals surface area contributed by atoms with E-state index in [-0.39, 0.29) is 6.54 Å². The molecule has 1 saturated heterocycles. The van der Waals surface area contributed by atoms with Crippen LogP contribution in [0.15, 0.2) is 60.7 Å². The number of benzene rings is 2. The molecule has 0 aliphatic carbocycles. The van der Waals surface area contributed by atoms with Gasteiger partial charge in [0.25, 0.3) is 5.91 Å². The van der Waals surface area contributed by atoms with Gasteiger partial charge in [-0.2, -0.15) is 0 Å². The number of barbiturate groups is 1. The van der Waals surface area contributed by atoms with Crippen LogP contribution in [0, 0.1) is 0 Å². The standard InChI is InChI=1S/C18H16N2O3/c1-18(14-10-6-3-7-11-14)15(21)19-17(23)20(16(18)22)12-13-8-4-2-5-9-13/h2-11H,12H2,1H3,(H,19,21,23). The lowest BCUT2D eigenvalue weighted by molar-refractivity contribution is -0.144. The summed E-state index contributed by atoms with van der Waals surface area (Å²) in [5.41, 5.74) is -0.0296. The Kier molecular flexibility index (Phi) is 3.70. The molecule has 116 valence electrons. The highest BCUT2D eigenvalue weighted by molar-refractivity contribution is 6.22. The molecular formula is C18H16N2O3. The quantitative estimate of drug-likeness (QED) is 0.884. The van der Waals surface area contributed by atoms with Crippen LogP contribution in [0.4, 0.5) is 4.79 Å². The average molecular weight is 308 g/mol. The number of carbonyl (C=O) groups is 3. The van der Waals surface area contributed by atoms with Gasteiger partial charge in [0.2, 0.25) is 5.91 Å². The average Bonchev–Trinajstić information content (AvgIpc) is 2.58. The van der Waals surface area contributed by atoms with Gasteiger partial charge in [-0.05, 0) is 18.1 Å². The molecule has 0 aromatic heterocycles. The highest BCUT2D eigenvalue weighted by Gasteiger charge is 2.51. The molecule has 2 aromatic rings. The zero-order valence-electron chi connectivity index (χ0n) is 12.7. The highest BCUT2D eigenvalue weighted by atomic mass is 16.2. The number of imide groups is 2. The molecule has 1 fully saturated rings. The first-order valence-corrected chi connectivity index (χ1v) is 7.30. The Morgan fingerprint density at radius 2 is 1.48 bits per heavy atom. The Bertz CT molecular complexity index is 758. The van der Waals surface area contributed by atoms with Crippen molar-refractivity contribution in [1.29, 1.82) is 0 Å². The van der Waals surface area contributed by atoms with Crippen molar-refractivity contribution < 1.29 is 14.4 Å². The van der Waals surface area contributed by atoms with E-state index in [2.05, 4.69) is 5.32 Å². The second-order valence-corrected chi connectivity index (χ2v) is 5.63. The van der Waals surface area contributed by atoms with Crippen LogP contribution in [0.3, 0.4) is 0 Å². The zero-order chi connectivity index (χ0) is 16.4. The molecule has 0 radical (unpaired) electrons. The summed E-state index contributed by atoms with van der Waals surface area (Å²) in [6, 6.07) is 17.3. The summed E-state index contributed by atoms with van der Waals surface area (Å²) in [6.07, 6.45) is 0. The molecule has 0 saturated carbocycles. The SMILES string of the molecule is CC1(c2ccccc2)C(=O)NC(=O)N(Cc2ccccc2)C1=O. The molecule has 4 amide bonds. The smallest absolute Gasteiger partial charge is 0.276 e. The predicted octanol–water partition coefficient (Wildman–Crippen LogP) is 2.22. The van der Waals surface area contributed by atoms with E-state index in [0.717, 1.165) is 10.5 Å². The molecule has 3 rings (SSSR count). The van der Waals surface area contributed by atoms with Crippen molar-refractivity contribution in [3.63, 3.8) is 0 Å². The Labute approximate surface area is 133 Å². The topological polar surface area (TPSA) is 66.5 Å². The fourth-order valence-corrected chi connectivity index (χ4v) is 2.68. The van der Waals surface area contributed by atoms with Gasteiger partial charge in [0.05, 0.1) is 6.54 Å². The second-order valence-electron chi connectivity index (χ2n) is 5.63. The van der Waals surface area contributed by atoms with Gasteiger partial charge in [-0.1, -0.05) is 60.7 Å². The van der Waals surface area contributed by atoms with Gasteiger partial charge in [0, 0.05) is 0 Å². The summed E-state index contributed by atoms with van der Waals surface area (Å²) in [5.74, 6) is -1.11. The van der Waals surface area contributed by atoms with Crippen LogP contribution in [-0.4, -0.2) is 22.7 Å². The van der Waals surface area contributed by atoms with Crippen LogP contribution >= 0.6 is 0 Å². The van der Waals surface area contributed by atoms with Crippen LogP contribution in [0.5, 0.6) is 0 Å². The monoisotopic (exact) mass is 308 g/mol. The van der Waals surface area contributed by atoms with E-state index in [4.69, 9.17) is 0 Å². The van der Waals surface area contributed by atoms with Gasteiger partial charge in [-0.3, -0.25) is 19.8 Å². The van der Waals surface area contributed by atoms with Crippen molar-refractivity contribution in [2.24, 2.45) is 0 Å². The van der Waals surface area contributed by atoms with Crippen molar-refractivity contribution >= 4 is 17.8 Å². The number of hydrogen-bond donors (Lipinski definition) is 1. The van der Waals surface area contributed by atoms with Crippen LogP contribution in [0.1, 0.15) is 18.1 Å². The summed E-state index contributed by atoms with van der Waals surface area (Å²) in [7, 11) is 0. The second kappa shape index (κ2) is 5.68. The van der Waals surface area contributed by atoms with Gasteiger partial charge in [-0.25, -0.2) is 4.79 Å². The van der Waals surface area contributed by atoms with E-state index in [1.165, 1.54) is 0 Å². The third-order valence-electron chi connectivity index (χ3n) is 4.13. The third kappa shape index (κ3) is 2.50. The number of urea groups is 1. The molecule has 1 heterocycles. The van der Waals surface area contributed by atoms with Gasteiger partial charge >= 0.3 is 6.03 Å². The van der Waals surface area contributed by atoms with Crippen LogP contribution in [0.2, 0.25) is 0 Å². The lowest BCUT2D eigenvalue weighted by Crippen LogP contribution is -2.64. The normalized spacial score (nSPS) is 21.3. The number of rotatable bonds is 3. The van der Waals surface area contributed by atoms with Gasteiger partial charge in [0.15, 0.2) is 5.41 Å². The molecular weight excluding hydrogens is 292 g/mol. The van der Waals surface area contributed by atoms with E-state index < -0.39 is 23.3 Å². The van der Waals surface area contributed by atoms with Gasteiger partial charge in [0.1, 0.15) is 0 Å². The third-order valence-corrected chi connectivity index (χ3v) is 4.13. The Hall–Kier alpha value is -2.95. The molecule has 2 aromatic carbocycles. The molecule has 1 aliphatic heterocycles. The lowest BCUT2D eigenvalue weighted by atomic mass is 9.79. The largest absolute Gasteiger partial charge is 0.331 e. The minimum absolute atomic E-state index is 0.126. The minimum atomic E-state index is -1.41. The van der Waals surface area contributed by atoms with E-state index in [1.807, 2.05) is 36.4 Å². The van der Waals surface area contributed by atoms with E-state index >= 15 is 0 Å². The number of carbonyl (C=O) groups excluding carboxylic acids is 3. The molecule has 0 bridgehead atoms. The summed E-state index contributed by atoms with van der Waals surface area (Å²) in [6.45, 7) is 1.67. The number of nitrogens with one attached hydrogen (secondary N) is 1. The lowest BCUT2D eigenvalue weighted by Gasteiger charge is -2.37. The van der Waals surface area contributed by atoms with Crippen molar-refractivity contribution in [3.8, 4) is 0 Å². The first kappa shape index (κ1) is 15.0. The molecule has 5 nitrogen and oxygen atoms in total. The number of nitrogens with zero attached hydrogens (tertiary/aromatic N) is 1. The molecule has 0 spiro atoms. The highest BCUT2D eigenvalue weighted by Crippen LogP contribution is 2.30. The maximum Gasteiger partial charge on any atom is 0.331 e. The molecule has 1 atom stereocenters. The van der Waals surface area contributed by atoms with Crippen molar-refractivity contribution in [2.75, 3.05) is 0 Å². The summed E-state index contributed by atoms with van der Waals surface area (Å²) >= 11 is 0. The fraction of sp³-hybridized carbons (Fsp3) is 0.167. The van der Waals surface area contributed by atoms with Crippen molar-refractivity contribution in [3.05, 3.63) is 71.8 Å². The maximum atomic E-state index is 12.9. The Balaban J connectivity index is 1.98. The molecule has 1 unspecified atom stereocenters. The molecule has 1 aliphatic rings. The van der Waals surface area contributed by atoms with E-state index in [1.54, 1.807) is 31.2 Å². The van der Waals surface area contributed by atoms with Crippen molar-refractivity contribution in [2.45, 2.75) is 18.9 Å². The van der Waals surface area contributed by atoms with Crippen LogP contribution in [-0.2, 0) is 21.5 Å². The number of hydrogen-bond acceptors (Lipinski definition) is 3. The van der Waals surface area contributed by atoms with Gasteiger partial charge in [-0.15, -0.1) is 0 Å². The van der Waals surface area contributed by atoms with Crippen molar-refractivity contribution in [1.82, 2.24) is 10.2 Å². The van der Waals surface area contributed by atoms with Crippen LogP contribution < -0.4 is 5.32 Å². The Morgan fingerprint density at radius 1 is 0.913 bits per heavy atom. The van der Waals surface area contributed by atoms with E-state index in [9.17, 15) is 14.4 Å². The molecule has 5 heteroatoms. The van der Waals surface area contributed by atoms with Gasteiger partial charge < -0.3 is 0 Å². The first-order valence-electron chi connectivity index (χ1n) is 7.30. The summed E-state index contributed by atoms with van der Waals surface area (Å²) in [5, 5.41) is 2.30.